The van der Waals surface area contributed by atoms with Gasteiger partial charge in [-0.25, -0.2) is 4.68 Å². The molecule has 9 nitrogen and oxygen atoms in total. The van der Waals surface area contributed by atoms with Gasteiger partial charge in [0.05, 0.1) is 13.0 Å². The van der Waals surface area contributed by atoms with Gasteiger partial charge in [-0.15, -0.1) is 10.2 Å². The number of carbonyl (C=O) groups is 2. The van der Waals surface area contributed by atoms with E-state index in [0.717, 1.165) is 0 Å². The minimum atomic E-state index is -0.332. The molecule has 1 aliphatic rings. The van der Waals surface area contributed by atoms with Gasteiger partial charge >= 0.3 is 5.97 Å². The quantitative estimate of drug-likeness (QED) is 0.676. The highest BCUT2D eigenvalue weighted by atomic mass is 16.5. The van der Waals surface area contributed by atoms with E-state index in [1.807, 2.05) is 6.07 Å². The first-order valence-electron chi connectivity index (χ1n) is 9.09. The summed E-state index contributed by atoms with van der Waals surface area (Å²) in [4.78, 5) is 25.3. The third-order valence-corrected chi connectivity index (χ3v) is 4.30. The standard InChI is InChI=1S/C18H23N5O4/c1-2-26-18(25)7-6-17(24)22-12-8-14(9-13-22)27-16-5-4-15(20-21-16)23-11-3-10-19-23/h3-5,10-11,14H,2,6-9,12-13H2,1H3. The first kappa shape index (κ1) is 18.8. The van der Waals surface area contributed by atoms with Crippen LogP contribution in [0.15, 0.2) is 30.6 Å². The van der Waals surface area contributed by atoms with Gasteiger partial charge in [-0.3, -0.25) is 9.59 Å². The van der Waals surface area contributed by atoms with E-state index in [0.29, 0.717) is 44.2 Å². The third kappa shape index (κ3) is 5.25. The van der Waals surface area contributed by atoms with Crippen molar-refractivity contribution in [3.63, 3.8) is 0 Å². The lowest BCUT2D eigenvalue weighted by atomic mass is 10.1. The van der Waals surface area contributed by atoms with E-state index < -0.39 is 0 Å². The number of aromatic nitrogens is 4. The fourth-order valence-corrected chi connectivity index (χ4v) is 2.90. The lowest BCUT2D eigenvalue weighted by Gasteiger charge is -2.31. The smallest absolute Gasteiger partial charge is 0.306 e. The van der Waals surface area contributed by atoms with Gasteiger partial charge in [-0.2, -0.15) is 5.10 Å². The summed E-state index contributed by atoms with van der Waals surface area (Å²) in [6, 6.07) is 5.37. The van der Waals surface area contributed by atoms with E-state index >= 15 is 0 Å². The summed E-state index contributed by atoms with van der Waals surface area (Å²) in [5.74, 6) is 0.721. The van der Waals surface area contributed by atoms with E-state index in [1.165, 1.54) is 0 Å². The molecule has 144 valence electrons. The van der Waals surface area contributed by atoms with Crippen molar-refractivity contribution >= 4 is 11.9 Å². The van der Waals surface area contributed by atoms with Crippen molar-refractivity contribution in [2.24, 2.45) is 0 Å². The van der Waals surface area contributed by atoms with Crippen LogP contribution in [0.4, 0.5) is 0 Å². The minimum Gasteiger partial charge on any atom is -0.473 e. The van der Waals surface area contributed by atoms with E-state index in [4.69, 9.17) is 9.47 Å². The molecule has 1 aliphatic heterocycles. The van der Waals surface area contributed by atoms with Crippen molar-refractivity contribution in [3.05, 3.63) is 30.6 Å². The maximum absolute atomic E-state index is 12.2. The monoisotopic (exact) mass is 373 g/mol. The highest BCUT2D eigenvalue weighted by molar-refractivity contribution is 5.81. The van der Waals surface area contributed by atoms with Gasteiger partial charge in [0.25, 0.3) is 0 Å². The van der Waals surface area contributed by atoms with Crippen LogP contribution in [0.5, 0.6) is 5.88 Å². The first-order valence-corrected chi connectivity index (χ1v) is 9.09. The molecular formula is C18H23N5O4. The van der Waals surface area contributed by atoms with Crippen molar-refractivity contribution < 1.29 is 19.1 Å². The molecule has 0 saturated carbocycles. The summed E-state index contributed by atoms with van der Waals surface area (Å²) >= 11 is 0. The molecule has 2 aromatic heterocycles. The number of hydrogen-bond acceptors (Lipinski definition) is 7. The van der Waals surface area contributed by atoms with E-state index in [-0.39, 0.29) is 30.8 Å². The van der Waals surface area contributed by atoms with Gasteiger partial charge < -0.3 is 14.4 Å². The number of hydrogen-bond donors (Lipinski definition) is 0. The topological polar surface area (TPSA) is 99.4 Å². The summed E-state index contributed by atoms with van der Waals surface area (Å²) in [5.41, 5.74) is 0. The second kappa shape index (κ2) is 9.11. The maximum Gasteiger partial charge on any atom is 0.306 e. The molecule has 3 heterocycles. The minimum absolute atomic E-state index is 0.0102. The van der Waals surface area contributed by atoms with Crippen molar-refractivity contribution in [1.29, 1.82) is 0 Å². The molecule has 0 aromatic carbocycles. The fraction of sp³-hybridized carbons (Fsp3) is 0.500. The lowest BCUT2D eigenvalue weighted by Crippen LogP contribution is -2.42. The Hall–Kier alpha value is -2.97. The molecule has 1 amide bonds. The van der Waals surface area contributed by atoms with Gasteiger partial charge in [0.2, 0.25) is 11.8 Å². The van der Waals surface area contributed by atoms with Gasteiger partial charge in [0, 0.05) is 50.8 Å². The predicted octanol–water partition coefficient (Wildman–Crippen LogP) is 1.38. The van der Waals surface area contributed by atoms with Crippen LogP contribution in [0.2, 0.25) is 0 Å². The molecule has 1 fully saturated rings. The molecule has 0 N–H and O–H groups in total. The Morgan fingerprint density at radius 3 is 2.63 bits per heavy atom. The molecule has 0 radical (unpaired) electrons. The maximum atomic E-state index is 12.2. The summed E-state index contributed by atoms with van der Waals surface area (Å²) in [6.45, 7) is 3.29. The zero-order chi connectivity index (χ0) is 19.1. The van der Waals surface area contributed by atoms with Gasteiger partial charge in [0.15, 0.2) is 5.82 Å². The van der Waals surface area contributed by atoms with Crippen molar-refractivity contribution in [1.82, 2.24) is 24.9 Å². The molecule has 0 aliphatic carbocycles. The number of nitrogens with zero attached hydrogens (tertiary/aromatic N) is 5. The second-order valence-corrected chi connectivity index (χ2v) is 6.18. The molecular weight excluding hydrogens is 350 g/mol. The van der Waals surface area contributed by atoms with Crippen LogP contribution in [0.25, 0.3) is 5.82 Å². The Kier molecular flexibility index (Phi) is 6.35. The zero-order valence-corrected chi connectivity index (χ0v) is 15.3. The van der Waals surface area contributed by atoms with Crippen LogP contribution in [-0.4, -0.2) is 62.6 Å². The van der Waals surface area contributed by atoms with Crippen molar-refractivity contribution in [3.8, 4) is 11.7 Å². The number of amides is 1. The third-order valence-electron chi connectivity index (χ3n) is 4.30. The van der Waals surface area contributed by atoms with Crippen molar-refractivity contribution in [2.75, 3.05) is 19.7 Å². The molecule has 0 bridgehead atoms. The highest BCUT2D eigenvalue weighted by Gasteiger charge is 2.24. The Balaban J connectivity index is 1.43. The average molecular weight is 373 g/mol. The zero-order valence-electron chi connectivity index (χ0n) is 15.3. The van der Waals surface area contributed by atoms with E-state index in [1.54, 1.807) is 41.0 Å². The summed E-state index contributed by atoms with van der Waals surface area (Å²) in [6.07, 6.45) is 5.20. The largest absolute Gasteiger partial charge is 0.473 e. The number of carbonyl (C=O) groups excluding carboxylic acids is 2. The SMILES string of the molecule is CCOC(=O)CCC(=O)N1CCC(Oc2ccc(-n3cccn3)nn2)CC1. The first-order chi connectivity index (χ1) is 13.2. The van der Waals surface area contributed by atoms with Gasteiger partial charge in [-0.1, -0.05) is 0 Å². The molecule has 0 spiro atoms. The highest BCUT2D eigenvalue weighted by Crippen LogP contribution is 2.18. The summed E-state index contributed by atoms with van der Waals surface area (Å²) in [7, 11) is 0. The molecule has 27 heavy (non-hydrogen) atoms. The average Bonchev–Trinajstić information content (AvgIpc) is 3.22. The fourth-order valence-electron chi connectivity index (χ4n) is 2.90. The number of rotatable bonds is 7. The van der Waals surface area contributed by atoms with Crippen LogP contribution in [0, 0.1) is 0 Å². The molecule has 0 unspecified atom stereocenters. The van der Waals surface area contributed by atoms with Crippen LogP contribution >= 0.6 is 0 Å². The lowest BCUT2D eigenvalue weighted by molar-refractivity contribution is -0.146. The normalized spacial score (nSPS) is 14.8. The summed E-state index contributed by atoms with van der Waals surface area (Å²) in [5, 5.41) is 12.3. The Bertz CT molecular complexity index is 740. The number of esters is 1. The van der Waals surface area contributed by atoms with Gasteiger partial charge in [0.1, 0.15) is 6.10 Å². The molecule has 3 rings (SSSR count). The van der Waals surface area contributed by atoms with Crippen LogP contribution in [-0.2, 0) is 14.3 Å². The molecule has 1 saturated heterocycles. The molecule has 9 heteroatoms. The summed E-state index contributed by atoms with van der Waals surface area (Å²) < 4.78 is 12.3. The number of likely N-dealkylation sites (tertiary alicyclic amines) is 1. The Labute approximate surface area is 157 Å². The number of ether oxygens (including phenoxy) is 2. The van der Waals surface area contributed by atoms with E-state index in [9.17, 15) is 9.59 Å². The Morgan fingerprint density at radius 1 is 1.19 bits per heavy atom. The molecule has 0 atom stereocenters. The van der Waals surface area contributed by atoms with E-state index in [2.05, 4.69) is 15.3 Å². The van der Waals surface area contributed by atoms with Crippen LogP contribution in [0.1, 0.15) is 32.6 Å². The van der Waals surface area contributed by atoms with Crippen LogP contribution in [0.3, 0.4) is 0 Å². The predicted molar refractivity (Wildman–Crippen MR) is 95.3 cm³/mol. The Morgan fingerprint density at radius 2 is 2.00 bits per heavy atom. The second-order valence-electron chi connectivity index (χ2n) is 6.18. The number of piperidine rings is 1. The van der Waals surface area contributed by atoms with Crippen molar-refractivity contribution in [2.45, 2.75) is 38.7 Å². The molecule has 2 aromatic rings. The van der Waals surface area contributed by atoms with Crippen LogP contribution < -0.4 is 4.74 Å². The van der Waals surface area contributed by atoms with Gasteiger partial charge in [-0.05, 0) is 19.1 Å².